The number of carbonyl (C=O) groups is 2. The molecule has 0 atom stereocenters. The highest BCUT2D eigenvalue weighted by atomic mass is 32.2. The van der Waals surface area contributed by atoms with Crippen molar-refractivity contribution < 1.29 is 23.6 Å². The third kappa shape index (κ3) is 7.08. The molecule has 0 bridgehead atoms. The summed E-state index contributed by atoms with van der Waals surface area (Å²) >= 11 is 1.46. The van der Waals surface area contributed by atoms with Crippen molar-refractivity contribution in [3.05, 3.63) is 75.0 Å². The van der Waals surface area contributed by atoms with Crippen molar-refractivity contribution in [2.45, 2.75) is 33.6 Å². The molecule has 0 spiro atoms. The number of ether oxygens (including phenoxy) is 2. The summed E-state index contributed by atoms with van der Waals surface area (Å²) in [5, 5.41) is 7.06. The van der Waals surface area contributed by atoms with Gasteiger partial charge in [-0.15, -0.1) is 0 Å². The van der Waals surface area contributed by atoms with E-state index < -0.39 is 0 Å². The van der Waals surface area contributed by atoms with Gasteiger partial charge in [-0.2, -0.15) is 0 Å². The molecule has 1 aromatic heterocycles. The van der Waals surface area contributed by atoms with Crippen LogP contribution in [0.1, 0.15) is 45.4 Å². The van der Waals surface area contributed by atoms with E-state index in [0.717, 1.165) is 35.3 Å². The molecule has 3 heterocycles. The fourth-order valence-electron chi connectivity index (χ4n) is 4.28. The molecule has 1 amide bonds. The summed E-state index contributed by atoms with van der Waals surface area (Å²) in [7, 11) is 3.81. The third-order valence-electron chi connectivity index (χ3n) is 6.32. The lowest BCUT2D eigenvalue weighted by Crippen LogP contribution is -2.29. The molecule has 2 aromatic carbocycles. The van der Waals surface area contributed by atoms with Gasteiger partial charge in [-0.1, -0.05) is 29.1 Å². The number of aliphatic imine (C=N–C) groups is 1. The molecule has 3 aromatic rings. The number of likely N-dealkylation sites (N-methyl/N-ethyl adjacent to an activating group) is 1. The van der Waals surface area contributed by atoms with Crippen LogP contribution in [0.2, 0.25) is 0 Å². The predicted octanol–water partition coefficient (Wildman–Crippen LogP) is 4.95. The zero-order valence-corrected chi connectivity index (χ0v) is 23.6. The number of hydrogen-bond acceptors (Lipinski definition) is 9. The van der Waals surface area contributed by atoms with E-state index in [-0.39, 0.29) is 19.1 Å². The van der Waals surface area contributed by atoms with Gasteiger partial charge in [0.1, 0.15) is 5.76 Å². The summed E-state index contributed by atoms with van der Waals surface area (Å²) in [6, 6.07) is 12.1. The van der Waals surface area contributed by atoms with Crippen molar-refractivity contribution in [3.63, 3.8) is 0 Å². The Morgan fingerprint density at radius 1 is 1.18 bits per heavy atom. The standard InChI is InChI=1S/C23H25N3O3S.C6H7NO2/c1-15(10-16-4-6-19-18(11-16)8-9-26(19)3)30-23(24-2)25-22(27)13-17-5-7-20-21(12-17)29-14-28-20;1-4-6(3-8)5(2)9-7-4/h4-7,10-12H,8-9,13-14H2,1-3H3,(H,24,25,27);3H,1-2H3/b15-10+;. The maximum atomic E-state index is 12.5. The molecule has 39 heavy (non-hydrogen) atoms. The Morgan fingerprint density at radius 3 is 2.67 bits per heavy atom. The highest BCUT2D eigenvalue weighted by Gasteiger charge is 2.17. The van der Waals surface area contributed by atoms with Crippen molar-refractivity contribution >= 4 is 40.9 Å². The van der Waals surface area contributed by atoms with Crippen LogP contribution in [-0.2, 0) is 17.6 Å². The maximum Gasteiger partial charge on any atom is 0.231 e. The predicted molar refractivity (Wildman–Crippen MR) is 154 cm³/mol. The number of thioether (sulfide) groups is 1. The molecule has 10 heteroatoms. The lowest BCUT2D eigenvalue weighted by Gasteiger charge is -2.12. The Balaban J connectivity index is 0.000000333. The number of nitrogens with zero attached hydrogens (tertiary/aromatic N) is 3. The Kier molecular flexibility index (Phi) is 9.08. The molecule has 0 fully saturated rings. The van der Waals surface area contributed by atoms with Crippen molar-refractivity contribution in [3.8, 4) is 11.5 Å². The minimum absolute atomic E-state index is 0.115. The first-order chi connectivity index (χ1) is 18.8. The van der Waals surface area contributed by atoms with Gasteiger partial charge in [0.05, 0.1) is 17.7 Å². The third-order valence-corrected chi connectivity index (χ3v) is 7.23. The highest BCUT2D eigenvalue weighted by molar-refractivity contribution is 8.17. The van der Waals surface area contributed by atoms with Gasteiger partial charge in [-0.3, -0.25) is 14.6 Å². The Labute approximate surface area is 232 Å². The summed E-state index contributed by atoms with van der Waals surface area (Å²) in [6.45, 7) is 6.77. The second kappa shape index (κ2) is 12.7. The van der Waals surface area contributed by atoms with Crippen LogP contribution in [0.15, 0.2) is 50.8 Å². The molecule has 5 rings (SSSR count). The Morgan fingerprint density at radius 2 is 1.97 bits per heavy atom. The SMILES string of the molecule is CN=C(NC(=O)Cc1ccc2c(c1)OCO2)S/C(C)=C/c1ccc2c(c1)CCN2C.Cc1noc(C)c1C=O. The first kappa shape index (κ1) is 28.0. The van der Waals surface area contributed by atoms with Crippen LogP contribution >= 0.6 is 11.8 Å². The van der Waals surface area contributed by atoms with Crippen molar-refractivity contribution in [2.24, 2.45) is 4.99 Å². The summed E-state index contributed by atoms with van der Waals surface area (Å²) < 4.78 is 15.4. The van der Waals surface area contributed by atoms with E-state index in [1.165, 1.54) is 23.0 Å². The molecular formula is C29H32N4O5S. The molecule has 204 valence electrons. The largest absolute Gasteiger partial charge is 0.454 e. The fourth-order valence-corrected chi connectivity index (χ4v) is 5.03. The average molecular weight is 549 g/mol. The quantitative estimate of drug-likeness (QED) is 0.271. The van der Waals surface area contributed by atoms with Gasteiger partial charge in [0, 0.05) is 26.3 Å². The average Bonchev–Trinajstić information content (AvgIpc) is 3.62. The van der Waals surface area contributed by atoms with Crippen LogP contribution in [0.4, 0.5) is 5.69 Å². The zero-order valence-electron chi connectivity index (χ0n) is 22.7. The van der Waals surface area contributed by atoms with Gasteiger partial charge < -0.3 is 24.2 Å². The second-order valence-corrected chi connectivity index (χ2v) is 10.4. The highest BCUT2D eigenvalue weighted by Crippen LogP contribution is 2.33. The number of aromatic nitrogens is 1. The van der Waals surface area contributed by atoms with Gasteiger partial charge in [-0.05, 0) is 79.1 Å². The smallest absolute Gasteiger partial charge is 0.231 e. The number of amidine groups is 1. The number of hydrogen-bond donors (Lipinski definition) is 1. The number of allylic oxidation sites excluding steroid dienone is 1. The fraction of sp³-hybridized carbons (Fsp3) is 0.310. The second-order valence-electron chi connectivity index (χ2n) is 9.21. The summed E-state index contributed by atoms with van der Waals surface area (Å²) in [5.41, 5.74) is 5.94. The van der Waals surface area contributed by atoms with Crippen molar-refractivity contribution in [1.29, 1.82) is 0 Å². The number of amides is 1. The number of carbonyl (C=O) groups excluding carboxylic acids is 2. The molecular weight excluding hydrogens is 516 g/mol. The summed E-state index contributed by atoms with van der Waals surface area (Å²) in [5.74, 6) is 1.86. The number of benzene rings is 2. The van der Waals surface area contributed by atoms with E-state index in [1.54, 1.807) is 20.9 Å². The van der Waals surface area contributed by atoms with Crippen LogP contribution < -0.4 is 19.7 Å². The van der Waals surface area contributed by atoms with Crippen LogP contribution in [0.5, 0.6) is 11.5 Å². The van der Waals surface area contributed by atoms with Gasteiger partial charge in [0.2, 0.25) is 12.7 Å². The van der Waals surface area contributed by atoms with E-state index in [9.17, 15) is 9.59 Å². The monoisotopic (exact) mass is 548 g/mol. The number of fused-ring (bicyclic) bond motifs is 2. The molecule has 0 saturated heterocycles. The van der Waals surface area contributed by atoms with E-state index in [4.69, 9.17) is 14.0 Å². The molecule has 0 aliphatic carbocycles. The Bertz CT molecular complexity index is 1410. The molecule has 2 aliphatic rings. The Hall–Kier alpha value is -4.05. The van der Waals surface area contributed by atoms with Crippen LogP contribution in [0.3, 0.4) is 0 Å². The van der Waals surface area contributed by atoms with Crippen LogP contribution in [-0.4, -0.2) is 50.0 Å². The molecule has 1 N–H and O–H groups in total. The van der Waals surface area contributed by atoms with Crippen LogP contribution in [0.25, 0.3) is 6.08 Å². The minimum Gasteiger partial charge on any atom is -0.454 e. The normalized spacial score (nSPS) is 14.0. The topological polar surface area (TPSA) is 106 Å². The molecule has 0 saturated carbocycles. The van der Waals surface area contributed by atoms with E-state index in [2.05, 4.69) is 51.7 Å². The zero-order chi connectivity index (χ0) is 27.9. The summed E-state index contributed by atoms with van der Waals surface area (Å²) in [4.78, 5) is 30.3. The number of aldehydes is 1. The van der Waals surface area contributed by atoms with E-state index >= 15 is 0 Å². The first-order valence-electron chi connectivity index (χ1n) is 12.5. The summed E-state index contributed by atoms with van der Waals surface area (Å²) in [6.07, 6.45) is 4.20. The lowest BCUT2D eigenvalue weighted by molar-refractivity contribution is -0.119. The van der Waals surface area contributed by atoms with Crippen molar-refractivity contribution in [2.75, 3.05) is 32.3 Å². The first-order valence-corrected chi connectivity index (χ1v) is 13.3. The van der Waals surface area contributed by atoms with E-state index in [0.29, 0.717) is 33.7 Å². The number of anilines is 1. The lowest BCUT2D eigenvalue weighted by atomic mass is 10.1. The minimum atomic E-state index is -0.115. The number of rotatable bonds is 5. The van der Waals surface area contributed by atoms with Gasteiger partial charge >= 0.3 is 0 Å². The maximum absolute atomic E-state index is 12.5. The molecule has 9 nitrogen and oxygen atoms in total. The van der Waals surface area contributed by atoms with E-state index in [1.807, 2.05) is 25.1 Å². The molecule has 0 radical (unpaired) electrons. The number of aryl methyl sites for hydroxylation is 2. The van der Waals surface area contributed by atoms with Gasteiger partial charge in [-0.25, -0.2) is 0 Å². The molecule has 2 aliphatic heterocycles. The van der Waals surface area contributed by atoms with Gasteiger partial charge in [0.15, 0.2) is 23.0 Å². The van der Waals surface area contributed by atoms with Crippen LogP contribution in [0, 0.1) is 13.8 Å². The van der Waals surface area contributed by atoms with Gasteiger partial charge in [0.25, 0.3) is 0 Å². The van der Waals surface area contributed by atoms with Crippen molar-refractivity contribution in [1.82, 2.24) is 10.5 Å². The number of nitrogens with one attached hydrogen (secondary N) is 1. The molecule has 0 unspecified atom stereocenters.